The highest BCUT2D eigenvalue weighted by atomic mass is 16.6. The van der Waals surface area contributed by atoms with Crippen molar-refractivity contribution in [2.75, 3.05) is 13.1 Å². The van der Waals surface area contributed by atoms with Gasteiger partial charge in [-0.25, -0.2) is 4.79 Å². The molecule has 30 heavy (non-hydrogen) atoms. The first-order valence-corrected chi connectivity index (χ1v) is 10.3. The van der Waals surface area contributed by atoms with Crippen molar-refractivity contribution in [2.24, 2.45) is 5.92 Å². The van der Waals surface area contributed by atoms with Crippen LogP contribution < -0.4 is 5.32 Å². The van der Waals surface area contributed by atoms with E-state index >= 15 is 0 Å². The number of alkyl carbamates (subject to hydrolysis) is 1. The third kappa shape index (κ3) is 6.07. The van der Waals surface area contributed by atoms with Crippen molar-refractivity contribution in [3.63, 3.8) is 0 Å². The standard InChI is InChI=1S/C24H30N2O4/c1-24(2,3)30-23(29)25-13-18-10-7-11-19(12-18)20-15-26(16-21(20)22(27)28)14-17-8-5-4-6-9-17/h4-12,20-21H,13-16H2,1-3H3,(H,25,29)(H,27,28). The number of amides is 1. The maximum Gasteiger partial charge on any atom is 0.407 e. The molecule has 160 valence electrons. The van der Waals surface area contributed by atoms with Crippen LogP contribution in [0.5, 0.6) is 0 Å². The van der Waals surface area contributed by atoms with Crippen LogP contribution in [0.2, 0.25) is 0 Å². The van der Waals surface area contributed by atoms with E-state index in [1.807, 2.05) is 63.2 Å². The second-order valence-corrected chi connectivity index (χ2v) is 8.83. The highest BCUT2D eigenvalue weighted by Crippen LogP contribution is 2.34. The molecule has 0 bridgehead atoms. The molecule has 1 aliphatic heterocycles. The zero-order chi connectivity index (χ0) is 21.7. The van der Waals surface area contributed by atoms with E-state index in [4.69, 9.17) is 4.74 Å². The summed E-state index contributed by atoms with van der Waals surface area (Å²) in [6.45, 7) is 7.74. The molecule has 2 aromatic rings. The smallest absolute Gasteiger partial charge is 0.407 e. The van der Waals surface area contributed by atoms with Crippen LogP contribution in [-0.2, 0) is 22.6 Å². The molecule has 1 amide bonds. The number of hydrogen-bond donors (Lipinski definition) is 2. The Bertz CT molecular complexity index is 876. The first-order chi connectivity index (χ1) is 14.2. The largest absolute Gasteiger partial charge is 0.481 e. The van der Waals surface area contributed by atoms with Crippen LogP contribution in [0.4, 0.5) is 4.79 Å². The van der Waals surface area contributed by atoms with Crippen molar-refractivity contribution in [3.05, 3.63) is 71.3 Å². The molecule has 0 radical (unpaired) electrons. The first kappa shape index (κ1) is 21.8. The number of rotatable bonds is 6. The molecule has 2 N–H and O–H groups in total. The third-order valence-electron chi connectivity index (χ3n) is 5.18. The summed E-state index contributed by atoms with van der Waals surface area (Å²) in [5, 5.41) is 12.5. The van der Waals surface area contributed by atoms with Crippen molar-refractivity contribution in [1.29, 1.82) is 0 Å². The monoisotopic (exact) mass is 410 g/mol. The van der Waals surface area contributed by atoms with Gasteiger partial charge in [-0.3, -0.25) is 9.69 Å². The number of nitrogens with zero attached hydrogens (tertiary/aromatic N) is 1. The summed E-state index contributed by atoms with van der Waals surface area (Å²) in [5.74, 6) is -1.32. The van der Waals surface area contributed by atoms with Gasteiger partial charge in [-0.15, -0.1) is 0 Å². The molecule has 0 spiro atoms. The van der Waals surface area contributed by atoms with Gasteiger partial charge in [0.25, 0.3) is 0 Å². The molecule has 0 saturated carbocycles. The number of hydrogen-bond acceptors (Lipinski definition) is 4. The number of ether oxygens (including phenoxy) is 1. The second kappa shape index (κ2) is 9.30. The van der Waals surface area contributed by atoms with E-state index in [1.165, 1.54) is 5.56 Å². The maximum atomic E-state index is 11.9. The van der Waals surface area contributed by atoms with Gasteiger partial charge in [-0.05, 0) is 37.5 Å². The Balaban J connectivity index is 1.68. The SMILES string of the molecule is CC(C)(C)OC(=O)NCc1cccc(C2CN(Cc3ccccc3)CC2C(=O)O)c1. The summed E-state index contributed by atoms with van der Waals surface area (Å²) < 4.78 is 5.27. The fraction of sp³-hybridized carbons (Fsp3) is 0.417. The van der Waals surface area contributed by atoms with Crippen LogP contribution in [0.15, 0.2) is 54.6 Å². The van der Waals surface area contributed by atoms with Gasteiger partial charge in [0.2, 0.25) is 0 Å². The number of nitrogens with one attached hydrogen (secondary N) is 1. The Kier molecular flexibility index (Phi) is 6.77. The van der Waals surface area contributed by atoms with Crippen molar-refractivity contribution >= 4 is 12.1 Å². The molecular weight excluding hydrogens is 380 g/mol. The third-order valence-corrected chi connectivity index (χ3v) is 5.18. The summed E-state index contributed by atoms with van der Waals surface area (Å²) >= 11 is 0. The zero-order valence-corrected chi connectivity index (χ0v) is 17.8. The Hall–Kier alpha value is -2.86. The highest BCUT2D eigenvalue weighted by Gasteiger charge is 2.38. The minimum absolute atomic E-state index is 0.0901. The van der Waals surface area contributed by atoms with Crippen LogP contribution in [0.25, 0.3) is 0 Å². The molecule has 0 aliphatic carbocycles. The van der Waals surface area contributed by atoms with E-state index in [2.05, 4.69) is 22.3 Å². The molecule has 6 heteroatoms. The lowest BCUT2D eigenvalue weighted by Crippen LogP contribution is -2.32. The molecule has 2 unspecified atom stereocenters. The number of carbonyl (C=O) groups excluding carboxylic acids is 1. The lowest BCUT2D eigenvalue weighted by atomic mass is 9.88. The molecular formula is C24H30N2O4. The average Bonchev–Trinajstić information content (AvgIpc) is 3.10. The predicted molar refractivity (Wildman–Crippen MR) is 115 cm³/mol. The second-order valence-electron chi connectivity index (χ2n) is 8.83. The van der Waals surface area contributed by atoms with E-state index in [0.717, 1.165) is 17.7 Å². The number of aliphatic carboxylic acids is 1. The summed E-state index contributed by atoms with van der Waals surface area (Å²) in [6, 6.07) is 17.9. The molecule has 1 saturated heterocycles. The van der Waals surface area contributed by atoms with E-state index < -0.39 is 23.6 Å². The molecule has 1 heterocycles. The summed E-state index contributed by atoms with van der Waals surface area (Å²) in [4.78, 5) is 26.0. The summed E-state index contributed by atoms with van der Waals surface area (Å²) in [5.41, 5.74) is 2.54. The number of carboxylic acids is 1. The van der Waals surface area contributed by atoms with Crippen molar-refractivity contribution in [3.8, 4) is 0 Å². The molecule has 3 rings (SSSR count). The summed E-state index contributed by atoms with van der Waals surface area (Å²) in [7, 11) is 0. The Morgan fingerprint density at radius 2 is 1.77 bits per heavy atom. The molecule has 1 aliphatic rings. The van der Waals surface area contributed by atoms with Gasteiger partial charge in [0.1, 0.15) is 5.60 Å². The number of carboxylic acid groups (broad SMARTS) is 1. The minimum Gasteiger partial charge on any atom is -0.481 e. The fourth-order valence-electron chi connectivity index (χ4n) is 3.87. The lowest BCUT2D eigenvalue weighted by Gasteiger charge is -2.20. The van der Waals surface area contributed by atoms with Gasteiger partial charge < -0.3 is 15.2 Å². The molecule has 0 aromatic heterocycles. The van der Waals surface area contributed by atoms with Crippen LogP contribution in [-0.4, -0.2) is 40.8 Å². The van der Waals surface area contributed by atoms with E-state index in [-0.39, 0.29) is 5.92 Å². The van der Waals surface area contributed by atoms with Crippen LogP contribution >= 0.6 is 0 Å². The van der Waals surface area contributed by atoms with Crippen LogP contribution in [0, 0.1) is 5.92 Å². The van der Waals surface area contributed by atoms with Crippen LogP contribution in [0.1, 0.15) is 43.4 Å². The number of carbonyl (C=O) groups is 2. The van der Waals surface area contributed by atoms with Gasteiger partial charge >= 0.3 is 12.1 Å². The normalized spacial score (nSPS) is 19.4. The van der Waals surface area contributed by atoms with Gasteiger partial charge in [0.15, 0.2) is 0 Å². The minimum atomic E-state index is -0.771. The van der Waals surface area contributed by atoms with E-state index in [9.17, 15) is 14.7 Å². The van der Waals surface area contributed by atoms with Crippen LogP contribution in [0.3, 0.4) is 0 Å². The summed E-state index contributed by atoms with van der Waals surface area (Å²) in [6.07, 6.45) is -0.466. The lowest BCUT2D eigenvalue weighted by molar-refractivity contribution is -0.141. The Morgan fingerprint density at radius 1 is 1.07 bits per heavy atom. The van der Waals surface area contributed by atoms with E-state index in [0.29, 0.717) is 19.6 Å². The Labute approximate surface area is 177 Å². The van der Waals surface area contributed by atoms with E-state index in [1.54, 1.807) is 0 Å². The number of benzene rings is 2. The van der Waals surface area contributed by atoms with Gasteiger partial charge in [0.05, 0.1) is 5.92 Å². The molecule has 2 atom stereocenters. The fourth-order valence-corrected chi connectivity index (χ4v) is 3.87. The van der Waals surface area contributed by atoms with Crippen molar-refractivity contribution in [2.45, 2.75) is 45.4 Å². The van der Waals surface area contributed by atoms with Crippen molar-refractivity contribution < 1.29 is 19.4 Å². The predicted octanol–water partition coefficient (Wildman–Crippen LogP) is 4.01. The van der Waals surface area contributed by atoms with Gasteiger partial charge in [-0.1, -0.05) is 54.6 Å². The average molecular weight is 411 g/mol. The first-order valence-electron chi connectivity index (χ1n) is 10.3. The molecule has 6 nitrogen and oxygen atoms in total. The molecule has 1 fully saturated rings. The maximum absolute atomic E-state index is 11.9. The van der Waals surface area contributed by atoms with Crippen molar-refractivity contribution in [1.82, 2.24) is 10.2 Å². The van der Waals surface area contributed by atoms with Gasteiger partial charge in [0, 0.05) is 32.1 Å². The Morgan fingerprint density at radius 3 is 2.43 bits per heavy atom. The molecule has 2 aromatic carbocycles. The highest BCUT2D eigenvalue weighted by molar-refractivity contribution is 5.72. The quantitative estimate of drug-likeness (QED) is 0.752. The zero-order valence-electron chi connectivity index (χ0n) is 17.8. The topological polar surface area (TPSA) is 78.9 Å². The number of likely N-dealkylation sites (tertiary alicyclic amines) is 1. The van der Waals surface area contributed by atoms with Gasteiger partial charge in [-0.2, -0.15) is 0 Å².